The highest BCUT2D eigenvalue weighted by Crippen LogP contribution is 2.53. The first kappa shape index (κ1) is 47.7. The van der Waals surface area contributed by atoms with E-state index in [0.717, 1.165) is 83.7 Å². The normalized spacial score (nSPS) is 26.9. The molecule has 0 unspecified atom stereocenters. The Morgan fingerprint density at radius 1 is 1.00 bits per heavy atom. The summed E-state index contributed by atoms with van der Waals surface area (Å²) in [6, 6.07) is 6.54. The van der Waals surface area contributed by atoms with Crippen LogP contribution in [0.1, 0.15) is 107 Å². The van der Waals surface area contributed by atoms with E-state index in [4.69, 9.17) is 28.3 Å². The number of esters is 1. The first-order valence-electron chi connectivity index (χ1n) is 25.8. The van der Waals surface area contributed by atoms with Crippen molar-refractivity contribution in [2.24, 2.45) is 17.3 Å². The van der Waals surface area contributed by atoms with Crippen LogP contribution >= 0.6 is 0 Å². The zero-order valence-corrected chi connectivity index (χ0v) is 41.6. The predicted molar refractivity (Wildman–Crippen MR) is 264 cm³/mol. The quantitative estimate of drug-likeness (QED) is 0.138. The lowest BCUT2D eigenvalue weighted by atomic mass is 9.84. The Hall–Kier alpha value is -5.66. The average Bonchev–Trinajstić information content (AvgIpc) is 3.92. The van der Waals surface area contributed by atoms with Crippen LogP contribution in [-0.2, 0) is 36.8 Å². The topological polar surface area (TPSA) is 197 Å². The number of fused-ring (bicyclic) bond motifs is 6. The molecule has 4 aliphatic heterocycles. The fourth-order valence-corrected chi connectivity index (χ4v) is 11.9. The van der Waals surface area contributed by atoms with E-state index in [-0.39, 0.29) is 43.0 Å². The number of carbonyl (C=O) groups excluding carboxylic acids is 3. The summed E-state index contributed by atoms with van der Waals surface area (Å²) in [5, 5.41) is 16.4. The van der Waals surface area contributed by atoms with Crippen molar-refractivity contribution in [1.29, 1.82) is 0 Å². The second-order valence-corrected chi connectivity index (χ2v) is 21.5. The van der Waals surface area contributed by atoms with Gasteiger partial charge in [-0.25, -0.2) is 15.4 Å². The Balaban J connectivity index is 1.04. The zero-order chi connectivity index (χ0) is 49.1. The molecule has 2 saturated carbocycles. The summed E-state index contributed by atoms with van der Waals surface area (Å²) >= 11 is 0. The smallest absolute Gasteiger partial charge is 0.324 e. The van der Waals surface area contributed by atoms with Crippen LogP contribution in [0.25, 0.3) is 33.4 Å². The van der Waals surface area contributed by atoms with Crippen molar-refractivity contribution in [2.75, 3.05) is 71.0 Å². The van der Waals surface area contributed by atoms with Crippen molar-refractivity contribution >= 4 is 34.4 Å². The van der Waals surface area contributed by atoms with Gasteiger partial charge in [0.25, 0.3) is 5.91 Å². The first-order valence-corrected chi connectivity index (χ1v) is 25.8. The molecule has 11 rings (SSSR count). The van der Waals surface area contributed by atoms with Crippen molar-refractivity contribution in [3.05, 3.63) is 72.2 Å². The number of anilines is 1. The molecule has 3 N–H and O–H groups in total. The molecular weight excluding hydrogens is 905 g/mol. The van der Waals surface area contributed by atoms with Crippen LogP contribution in [0, 0.1) is 17.3 Å². The number of likely N-dealkylation sites (tertiary alicyclic amines) is 1. The van der Waals surface area contributed by atoms with Gasteiger partial charge in [0, 0.05) is 91.7 Å². The van der Waals surface area contributed by atoms with Crippen molar-refractivity contribution in [2.45, 2.75) is 115 Å². The van der Waals surface area contributed by atoms with Gasteiger partial charge in [-0.1, -0.05) is 26.8 Å². The number of nitrogens with one attached hydrogen (secondary N) is 2. The third-order valence-electron chi connectivity index (χ3n) is 16.1. The van der Waals surface area contributed by atoms with Crippen LogP contribution in [0.4, 0.5) is 5.69 Å². The fourth-order valence-electron chi connectivity index (χ4n) is 11.9. The first-order chi connectivity index (χ1) is 34.4. The lowest BCUT2D eigenvalue weighted by molar-refractivity contribution is -0.156. The third kappa shape index (κ3) is 9.26. The minimum absolute atomic E-state index is 0.0139. The van der Waals surface area contributed by atoms with E-state index in [2.05, 4.69) is 67.0 Å². The molecule has 2 amide bonds. The van der Waals surface area contributed by atoms with Gasteiger partial charge in [-0.3, -0.25) is 34.2 Å². The molecule has 3 saturated heterocycles. The number of aromatic nitrogens is 4. The molecule has 5 aromatic rings. The minimum Gasteiger partial charge on any atom is -0.464 e. The van der Waals surface area contributed by atoms with Gasteiger partial charge in [-0.05, 0) is 94.6 Å². The van der Waals surface area contributed by atoms with Crippen LogP contribution in [0.5, 0.6) is 0 Å². The number of carbonyl (C=O) groups is 3. The van der Waals surface area contributed by atoms with E-state index in [0.29, 0.717) is 68.8 Å². The van der Waals surface area contributed by atoms with Gasteiger partial charge in [-0.2, -0.15) is 0 Å². The molecule has 2 aliphatic carbocycles. The van der Waals surface area contributed by atoms with Gasteiger partial charge >= 0.3 is 5.97 Å². The lowest BCUT2D eigenvalue weighted by Gasteiger charge is -2.38. The number of cyclic esters (lactones) is 1. The van der Waals surface area contributed by atoms with Gasteiger partial charge in [0.2, 0.25) is 11.8 Å². The number of benzene rings is 1. The Bertz CT molecular complexity index is 2750. The Kier molecular flexibility index (Phi) is 13.0. The number of hydrogen-bond acceptors (Lipinski definition) is 15. The molecule has 6 aliphatic rings. The van der Waals surface area contributed by atoms with Crippen LogP contribution in [0.3, 0.4) is 0 Å². The van der Waals surface area contributed by atoms with E-state index in [9.17, 15) is 14.7 Å². The molecule has 0 radical (unpaired) electrons. The van der Waals surface area contributed by atoms with Crippen molar-refractivity contribution in [1.82, 2.24) is 45.1 Å². The maximum Gasteiger partial charge on any atom is 0.324 e. The molecular formula is C53H68N10O8. The number of aliphatic hydroxyl groups excluding tert-OH is 1. The summed E-state index contributed by atoms with van der Waals surface area (Å²) in [7, 11) is 1.70. The average molecular weight is 973 g/mol. The predicted octanol–water partition coefficient (Wildman–Crippen LogP) is 5.62. The number of aliphatic hydroxyl groups is 1. The summed E-state index contributed by atoms with van der Waals surface area (Å²) in [5.41, 5.74) is 10.4. The van der Waals surface area contributed by atoms with Crippen molar-refractivity contribution < 1.29 is 37.8 Å². The third-order valence-corrected chi connectivity index (χ3v) is 16.1. The van der Waals surface area contributed by atoms with Crippen molar-refractivity contribution in [3.8, 4) is 22.5 Å². The number of piperazine rings is 1. The monoisotopic (exact) mass is 973 g/mol. The molecule has 18 heteroatoms. The summed E-state index contributed by atoms with van der Waals surface area (Å²) in [5.74, 6) is -1.37. The highest BCUT2D eigenvalue weighted by Gasteiger charge is 2.55. The maximum atomic E-state index is 15.1. The maximum absolute atomic E-state index is 15.1. The van der Waals surface area contributed by atoms with Crippen LogP contribution in [0.2, 0.25) is 0 Å². The van der Waals surface area contributed by atoms with Gasteiger partial charge in [0.1, 0.15) is 36.3 Å². The molecule has 0 spiro atoms. The zero-order valence-electron chi connectivity index (χ0n) is 41.6. The molecule has 1 aromatic carbocycles. The second-order valence-electron chi connectivity index (χ2n) is 21.5. The van der Waals surface area contributed by atoms with Crippen LogP contribution in [0.15, 0.2) is 58.2 Å². The van der Waals surface area contributed by atoms with Crippen LogP contribution < -0.4 is 15.6 Å². The lowest BCUT2D eigenvalue weighted by Crippen LogP contribution is -2.62. The summed E-state index contributed by atoms with van der Waals surface area (Å²) in [4.78, 5) is 65.7. The molecule has 7 atom stereocenters. The number of hydrazine groups is 1. The van der Waals surface area contributed by atoms with Crippen molar-refractivity contribution in [3.63, 3.8) is 0 Å². The summed E-state index contributed by atoms with van der Waals surface area (Å²) in [6.45, 7) is 14.0. The largest absolute Gasteiger partial charge is 0.464 e. The number of ether oxygens (including phenoxy) is 2. The number of methoxy groups -OCH3 is 1. The van der Waals surface area contributed by atoms with Gasteiger partial charge in [-0.15, -0.1) is 0 Å². The Morgan fingerprint density at radius 3 is 2.54 bits per heavy atom. The van der Waals surface area contributed by atoms with E-state index >= 15 is 4.79 Å². The van der Waals surface area contributed by atoms with Crippen LogP contribution in [-0.4, -0.2) is 141 Å². The van der Waals surface area contributed by atoms with E-state index in [1.54, 1.807) is 19.6 Å². The summed E-state index contributed by atoms with van der Waals surface area (Å²) < 4.78 is 26.2. The molecule has 71 heavy (non-hydrogen) atoms. The standard InChI is InChI=1S/C53H68N10O8/c1-31-43(41-27-69-30-55-41)44(31)49(65)57-46-48(61-14-6-7-15-61)50-56-40(28-70-50)33-10-13-42-36(23-33)38(25-53(3,4)29-71-52(67)39-9-8-16-63(58-39)51(46)66)47(62(42)21-22-64)37-24-35(26-54-45(37)32(2)68-5)60-19-17-59(18-20-60)34-11-12-34/h10,13,23-24,26-28,30-32,34,39,43-44,46,48,58,64H,6-9,11-12,14-22,25,29H2,1-5H3,(H,57,65)/t31-,32-,39-,43-,44+,46-,48-/m0/s1. The van der Waals surface area contributed by atoms with Gasteiger partial charge < -0.3 is 38.2 Å². The molecule has 378 valence electrons. The highest BCUT2D eigenvalue weighted by atomic mass is 16.5. The molecule has 18 nitrogen and oxygen atoms in total. The van der Waals surface area contributed by atoms with E-state index in [1.807, 2.05) is 26.1 Å². The molecule has 6 bridgehead atoms. The van der Waals surface area contributed by atoms with E-state index < -0.39 is 35.4 Å². The van der Waals surface area contributed by atoms with Gasteiger partial charge in [0.05, 0.1) is 48.3 Å². The number of oxazole rings is 2. The Morgan fingerprint density at radius 2 is 1.80 bits per heavy atom. The van der Waals surface area contributed by atoms with Gasteiger partial charge in [0.15, 0.2) is 6.39 Å². The molecule has 8 heterocycles. The fraction of sp³-hybridized carbons (Fsp3) is 0.585. The highest BCUT2D eigenvalue weighted by molar-refractivity contribution is 5.96. The SMILES string of the molecule is CO[C@@H](C)c1ncc(N2CCN(C3CC3)CC2)cc1-c1c2c3cc(ccc3n1CCO)-c1coc(n1)[C@@H](N1CCCC1)[C@H](NC(=O)[C@@H]1[C@@H](C)[C@H]1c1cocn1)C(=O)N1CCC[C@H](N1)C(=O)OCC(C)(C)C2. The second kappa shape index (κ2) is 19.4. The number of rotatable bonds is 11. The number of amides is 2. The number of nitrogens with zero attached hydrogens (tertiary/aromatic N) is 8. The minimum atomic E-state index is -1.11. The van der Waals surface area contributed by atoms with E-state index in [1.165, 1.54) is 24.2 Å². The molecule has 4 aromatic heterocycles. The number of pyridine rings is 1. The Labute approximate surface area is 414 Å². The number of hydrogen-bond donors (Lipinski definition) is 3. The summed E-state index contributed by atoms with van der Waals surface area (Å²) in [6.07, 6.45) is 12.1. The molecule has 5 fully saturated rings.